The maximum atomic E-state index is 13.2. The van der Waals surface area contributed by atoms with Gasteiger partial charge in [-0.05, 0) is 56.0 Å². The highest BCUT2D eigenvalue weighted by atomic mass is 32.2. The molecule has 1 atom stereocenters. The smallest absolute Gasteiger partial charge is 0.266 e. The number of rotatable bonds is 4. The van der Waals surface area contributed by atoms with Crippen LogP contribution in [0.3, 0.4) is 0 Å². The van der Waals surface area contributed by atoms with Gasteiger partial charge in [0, 0.05) is 12.4 Å². The molecule has 0 spiro atoms. The minimum Gasteiger partial charge on any atom is -0.377 e. The van der Waals surface area contributed by atoms with E-state index in [2.05, 4.69) is 0 Å². The summed E-state index contributed by atoms with van der Waals surface area (Å²) in [5.41, 5.74) is 2.70. The van der Waals surface area contributed by atoms with Crippen molar-refractivity contribution in [2.24, 2.45) is 0 Å². The highest BCUT2D eigenvalue weighted by Gasteiger charge is 2.18. The van der Waals surface area contributed by atoms with Crippen molar-refractivity contribution in [1.29, 1.82) is 0 Å². The van der Waals surface area contributed by atoms with Crippen LogP contribution in [-0.2, 0) is 4.74 Å². The lowest BCUT2D eigenvalue weighted by Crippen LogP contribution is -2.24. The Kier molecular flexibility index (Phi) is 5.09. The third kappa shape index (κ3) is 3.55. The van der Waals surface area contributed by atoms with Gasteiger partial charge in [-0.15, -0.1) is 0 Å². The summed E-state index contributed by atoms with van der Waals surface area (Å²) in [6.07, 6.45) is 3.67. The molecule has 0 amide bonds. The van der Waals surface area contributed by atoms with E-state index in [0.29, 0.717) is 5.39 Å². The zero-order valence-electron chi connectivity index (χ0n) is 14.9. The molecule has 0 aliphatic carbocycles. The fourth-order valence-corrected chi connectivity index (χ4v) is 4.39. The van der Waals surface area contributed by atoms with Gasteiger partial charge in [-0.3, -0.25) is 9.36 Å². The molecule has 134 valence electrons. The SMILES string of the molecule is Cc1cccc(-n2c(SC[C@@H]3CCCCO3)nc3ccccc3c2=O)c1. The van der Waals surface area contributed by atoms with E-state index in [4.69, 9.17) is 9.72 Å². The molecule has 0 saturated carbocycles. The predicted molar refractivity (Wildman–Crippen MR) is 106 cm³/mol. The van der Waals surface area contributed by atoms with Gasteiger partial charge >= 0.3 is 0 Å². The van der Waals surface area contributed by atoms with Crippen molar-refractivity contribution in [1.82, 2.24) is 9.55 Å². The number of benzene rings is 2. The monoisotopic (exact) mass is 366 g/mol. The van der Waals surface area contributed by atoms with Crippen molar-refractivity contribution < 1.29 is 4.74 Å². The molecule has 0 unspecified atom stereocenters. The van der Waals surface area contributed by atoms with Gasteiger partial charge in [0.25, 0.3) is 5.56 Å². The Bertz CT molecular complexity index is 977. The second kappa shape index (κ2) is 7.64. The molecule has 1 fully saturated rings. The lowest BCUT2D eigenvalue weighted by molar-refractivity contribution is 0.0315. The summed E-state index contributed by atoms with van der Waals surface area (Å²) in [7, 11) is 0. The zero-order chi connectivity index (χ0) is 17.9. The van der Waals surface area contributed by atoms with Crippen LogP contribution in [0.15, 0.2) is 58.5 Å². The number of aryl methyl sites for hydroxylation is 1. The Morgan fingerprint density at radius 1 is 1.19 bits per heavy atom. The van der Waals surface area contributed by atoms with Crippen molar-refractivity contribution in [2.75, 3.05) is 12.4 Å². The van der Waals surface area contributed by atoms with Crippen molar-refractivity contribution in [2.45, 2.75) is 37.4 Å². The molecule has 0 bridgehead atoms. The first-order chi connectivity index (χ1) is 12.7. The summed E-state index contributed by atoms with van der Waals surface area (Å²) in [6, 6.07) is 15.6. The fourth-order valence-electron chi connectivity index (χ4n) is 3.31. The van der Waals surface area contributed by atoms with Crippen LogP contribution >= 0.6 is 11.8 Å². The molecule has 26 heavy (non-hydrogen) atoms. The average Bonchev–Trinajstić information content (AvgIpc) is 2.67. The second-order valence-corrected chi connectivity index (χ2v) is 7.68. The van der Waals surface area contributed by atoms with Crippen molar-refractivity contribution in [3.8, 4) is 5.69 Å². The highest BCUT2D eigenvalue weighted by molar-refractivity contribution is 7.99. The highest BCUT2D eigenvalue weighted by Crippen LogP contribution is 2.25. The van der Waals surface area contributed by atoms with Crippen molar-refractivity contribution in [3.63, 3.8) is 0 Å². The largest absolute Gasteiger partial charge is 0.377 e. The van der Waals surface area contributed by atoms with Gasteiger partial charge in [-0.1, -0.05) is 36.0 Å². The number of nitrogens with zero attached hydrogens (tertiary/aromatic N) is 2. The van der Waals surface area contributed by atoms with Crippen LogP contribution in [0.2, 0.25) is 0 Å². The van der Waals surface area contributed by atoms with E-state index in [1.54, 1.807) is 16.3 Å². The standard InChI is InChI=1S/C21H22N2O2S/c1-15-7-6-8-16(13-15)23-20(24)18-10-2-3-11-19(18)22-21(23)26-14-17-9-4-5-12-25-17/h2-3,6-8,10-11,13,17H,4-5,9,12,14H2,1H3/t17-/m0/s1. The first-order valence-corrected chi connectivity index (χ1v) is 10.0. The van der Waals surface area contributed by atoms with E-state index in [1.165, 1.54) is 6.42 Å². The Labute approximate surface area is 157 Å². The number of aromatic nitrogens is 2. The third-order valence-corrected chi connectivity index (χ3v) is 5.75. The van der Waals surface area contributed by atoms with E-state index < -0.39 is 0 Å². The molecular formula is C21H22N2O2S. The molecule has 1 saturated heterocycles. The van der Waals surface area contributed by atoms with E-state index >= 15 is 0 Å². The van der Waals surface area contributed by atoms with Gasteiger partial charge in [0.15, 0.2) is 5.16 Å². The normalized spacial score (nSPS) is 17.5. The van der Waals surface area contributed by atoms with Crippen molar-refractivity contribution in [3.05, 3.63) is 64.4 Å². The zero-order valence-corrected chi connectivity index (χ0v) is 15.7. The van der Waals surface area contributed by atoms with Crippen LogP contribution in [0.5, 0.6) is 0 Å². The quantitative estimate of drug-likeness (QED) is 0.508. The first kappa shape index (κ1) is 17.3. The Morgan fingerprint density at radius 2 is 2.08 bits per heavy atom. The molecule has 4 rings (SSSR count). The molecule has 2 aromatic carbocycles. The Hall–Kier alpha value is -2.11. The second-order valence-electron chi connectivity index (χ2n) is 6.69. The van der Waals surface area contributed by atoms with Gasteiger partial charge in [-0.2, -0.15) is 0 Å². The molecule has 2 heterocycles. The minimum absolute atomic E-state index is 0.0201. The van der Waals surface area contributed by atoms with Crippen LogP contribution in [0.4, 0.5) is 0 Å². The molecule has 3 aromatic rings. The van der Waals surface area contributed by atoms with E-state index in [0.717, 1.165) is 47.1 Å². The summed E-state index contributed by atoms with van der Waals surface area (Å²) in [4.78, 5) is 18.0. The van der Waals surface area contributed by atoms with E-state index in [9.17, 15) is 4.79 Å². The predicted octanol–water partition coefficient (Wildman–Crippen LogP) is 4.36. The summed E-state index contributed by atoms with van der Waals surface area (Å²) >= 11 is 1.61. The number of hydrogen-bond acceptors (Lipinski definition) is 4. The molecule has 5 heteroatoms. The van der Waals surface area contributed by atoms with Gasteiger partial charge < -0.3 is 4.74 Å². The molecule has 0 N–H and O–H groups in total. The summed E-state index contributed by atoms with van der Waals surface area (Å²) in [5, 5.41) is 1.38. The average molecular weight is 366 g/mol. The minimum atomic E-state index is -0.0201. The lowest BCUT2D eigenvalue weighted by Gasteiger charge is -2.22. The number of hydrogen-bond donors (Lipinski definition) is 0. The van der Waals surface area contributed by atoms with Crippen molar-refractivity contribution >= 4 is 22.7 Å². The van der Waals surface area contributed by atoms with Crippen LogP contribution in [0.1, 0.15) is 24.8 Å². The Balaban J connectivity index is 1.78. The topological polar surface area (TPSA) is 44.1 Å². The number of fused-ring (bicyclic) bond motifs is 1. The number of ether oxygens (including phenoxy) is 1. The summed E-state index contributed by atoms with van der Waals surface area (Å²) in [6.45, 7) is 2.87. The van der Waals surface area contributed by atoms with Crippen LogP contribution in [0, 0.1) is 6.92 Å². The van der Waals surface area contributed by atoms with Crippen LogP contribution < -0.4 is 5.56 Å². The molecule has 1 aliphatic heterocycles. The fraction of sp³-hybridized carbons (Fsp3) is 0.333. The third-order valence-electron chi connectivity index (χ3n) is 4.68. The number of thioether (sulfide) groups is 1. The maximum absolute atomic E-state index is 13.2. The first-order valence-electron chi connectivity index (χ1n) is 9.05. The molecule has 4 nitrogen and oxygen atoms in total. The van der Waals surface area contributed by atoms with Gasteiger partial charge in [-0.25, -0.2) is 4.98 Å². The molecule has 1 aliphatic rings. The lowest BCUT2D eigenvalue weighted by atomic mass is 10.1. The van der Waals surface area contributed by atoms with Crippen LogP contribution in [0.25, 0.3) is 16.6 Å². The van der Waals surface area contributed by atoms with Gasteiger partial charge in [0.05, 0.1) is 22.7 Å². The van der Waals surface area contributed by atoms with Gasteiger partial charge in [0.1, 0.15) is 0 Å². The van der Waals surface area contributed by atoms with E-state index in [-0.39, 0.29) is 11.7 Å². The number of para-hydroxylation sites is 1. The molecular weight excluding hydrogens is 344 g/mol. The molecule has 1 aromatic heterocycles. The summed E-state index contributed by atoms with van der Waals surface area (Å²) in [5.74, 6) is 0.816. The maximum Gasteiger partial charge on any atom is 0.266 e. The summed E-state index contributed by atoms with van der Waals surface area (Å²) < 4.78 is 7.59. The van der Waals surface area contributed by atoms with E-state index in [1.807, 2.05) is 55.5 Å². The molecule has 0 radical (unpaired) electrons. The van der Waals surface area contributed by atoms with Gasteiger partial charge in [0.2, 0.25) is 0 Å². The van der Waals surface area contributed by atoms with Crippen LogP contribution in [-0.4, -0.2) is 28.0 Å². The Morgan fingerprint density at radius 3 is 2.88 bits per heavy atom.